The molecule has 0 saturated heterocycles. The van der Waals surface area contributed by atoms with E-state index in [1.807, 2.05) is 69.2 Å². The van der Waals surface area contributed by atoms with Crippen molar-refractivity contribution in [3.63, 3.8) is 0 Å². The van der Waals surface area contributed by atoms with Crippen molar-refractivity contribution >= 4 is 46.4 Å². The third-order valence-electron chi connectivity index (χ3n) is 4.67. The number of carbonyl (C=O) groups is 1. The Morgan fingerprint density at radius 1 is 1.15 bits per heavy atom. The maximum absolute atomic E-state index is 12.1. The molecule has 0 aliphatic rings. The highest BCUT2D eigenvalue weighted by molar-refractivity contribution is 6.32. The van der Waals surface area contributed by atoms with Crippen molar-refractivity contribution < 1.29 is 4.79 Å². The highest BCUT2D eigenvalue weighted by Crippen LogP contribution is 2.25. The predicted molar refractivity (Wildman–Crippen MR) is 140 cm³/mol. The minimum Gasteiger partial charge on any atom is -0.339 e. The van der Waals surface area contributed by atoms with Gasteiger partial charge in [-0.1, -0.05) is 53.6 Å². The molecule has 0 unspecified atom stereocenters. The van der Waals surface area contributed by atoms with Crippen LogP contribution in [0.5, 0.6) is 0 Å². The number of hydrogen-bond acceptors (Lipinski definition) is 7. The number of carbonyl (C=O) groups excluding carboxylic acids is 1. The Balaban J connectivity index is 1.68. The van der Waals surface area contributed by atoms with Crippen LogP contribution < -0.4 is 16.1 Å². The van der Waals surface area contributed by atoms with Crippen LogP contribution in [-0.2, 0) is 4.79 Å². The molecule has 9 heteroatoms. The molecule has 1 aromatic heterocycles. The van der Waals surface area contributed by atoms with Gasteiger partial charge in [0.15, 0.2) is 5.82 Å². The largest absolute Gasteiger partial charge is 0.339 e. The lowest BCUT2D eigenvalue weighted by molar-refractivity contribution is -0.111. The lowest BCUT2D eigenvalue weighted by Gasteiger charge is -2.11. The number of hydrogen-bond donors (Lipinski definition) is 3. The molecular weight excluding hydrogens is 450 g/mol. The van der Waals surface area contributed by atoms with E-state index in [0.29, 0.717) is 34.7 Å². The first kappa shape index (κ1) is 24.9. The molecule has 3 N–H and O–H groups in total. The third-order valence-corrected chi connectivity index (χ3v) is 4.95. The summed E-state index contributed by atoms with van der Waals surface area (Å²) in [5.41, 5.74) is 7.22. The van der Waals surface area contributed by atoms with Gasteiger partial charge in [-0.2, -0.15) is 10.1 Å². The number of rotatable bonds is 9. The van der Waals surface area contributed by atoms with Crippen molar-refractivity contribution in [3.8, 4) is 0 Å². The summed E-state index contributed by atoms with van der Waals surface area (Å²) in [4.78, 5) is 22.7. The number of nitrogens with one attached hydrogen (secondary N) is 3. The first-order valence-electron chi connectivity index (χ1n) is 10.7. The van der Waals surface area contributed by atoms with Gasteiger partial charge in [0.2, 0.25) is 11.9 Å². The molecule has 0 radical (unpaired) electrons. The second-order valence-electron chi connectivity index (χ2n) is 7.92. The van der Waals surface area contributed by atoms with Gasteiger partial charge < -0.3 is 15.5 Å². The van der Waals surface area contributed by atoms with Crippen molar-refractivity contribution in [1.29, 1.82) is 0 Å². The van der Waals surface area contributed by atoms with Gasteiger partial charge in [0.1, 0.15) is 5.02 Å². The molecule has 0 spiro atoms. The van der Waals surface area contributed by atoms with Gasteiger partial charge in [0.25, 0.3) is 0 Å². The molecule has 0 fully saturated rings. The average Bonchev–Trinajstić information content (AvgIpc) is 2.80. The van der Waals surface area contributed by atoms with Gasteiger partial charge in [-0.25, -0.2) is 10.4 Å². The lowest BCUT2D eigenvalue weighted by atomic mass is 10.1. The third kappa shape index (κ3) is 7.68. The van der Waals surface area contributed by atoms with Crippen molar-refractivity contribution in [2.75, 3.05) is 36.7 Å². The van der Waals surface area contributed by atoms with Crippen LogP contribution in [0.2, 0.25) is 5.02 Å². The molecule has 176 valence electrons. The minimum atomic E-state index is -0.202. The van der Waals surface area contributed by atoms with Crippen LogP contribution >= 0.6 is 11.6 Å². The molecule has 8 nitrogen and oxygen atoms in total. The van der Waals surface area contributed by atoms with Crippen LogP contribution in [0.25, 0.3) is 0 Å². The van der Waals surface area contributed by atoms with E-state index in [1.165, 1.54) is 17.8 Å². The number of halogens is 1. The summed E-state index contributed by atoms with van der Waals surface area (Å²) in [7, 11) is 3.88. The highest BCUT2D eigenvalue weighted by Gasteiger charge is 2.07. The van der Waals surface area contributed by atoms with Crippen LogP contribution in [0.3, 0.4) is 0 Å². The van der Waals surface area contributed by atoms with E-state index in [0.717, 1.165) is 11.3 Å². The molecule has 1 heterocycles. The Hall–Kier alpha value is -3.75. The minimum absolute atomic E-state index is 0.202. The number of aryl methyl sites for hydroxylation is 1. The zero-order chi connectivity index (χ0) is 24.5. The van der Waals surface area contributed by atoms with E-state index < -0.39 is 0 Å². The molecule has 0 aliphatic heterocycles. The van der Waals surface area contributed by atoms with E-state index in [4.69, 9.17) is 11.6 Å². The van der Waals surface area contributed by atoms with Gasteiger partial charge >= 0.3 is 0 Å². The lowest BCUT2D eigenvalue weighted by Crippen LogP contribution is -2.13. The summed E-state index contributed by atoms with van der Waals surface area (Å²) in [6.07, 6.45) is 4.81. The summed E-state index contributed by atoms with van der Waals surface area (Å²) >= 11 is 6.29. The Bertz CT molecular complexity index is 1190. The van der Waals surface area contributed by atoms with Crippen molar-refractivity contribution in [3.05, 3.63) is 83.0 Å². The second-order valence-corrected chi connectivity index (χ2v) is 8.33. The molecule has 0 atom stereocenters. The monoisotopic (exact) mass is 477 g/mol. The van der Waals surface area contributed by atoms with E-state index >= 15 is 0 Å². The summed E-state index contributed by atoms with van der Waals surface area (Å²) in [6, 6.07) is 15.4. The SMILES string of the molecule is C/C(=N\Nc1ncc(Cl)c(Nc2cccc(NC(=O)/C=C/CN(C)C)c2)n1)c1ccc(C)cc1. The van der Waals surface area contributed by atoms with Crippen molar-refractivity contribution in [1.82, 2.24) is 14.9 Å². The first-order chi connectivity index (χ1) is 16.3. The van der Waals surface area contributed by atoms with Crippen LogP contribution in [0.1, 0.15) is 18.1 Å². The first-order valence-corrected chi connectivity index (χ1v) is 11.1. The normalized spacial score (nSPS) is 11.6. The quantitative estimate of drug-likeness (QED) is 0.226. The fraction of sp³-hybridized carbons (Fsp3) is 0.200. The van der Waals surface area contributed by atoms with E-state index in [-0.39, 0.29) is 5.91 Å². The standard InChI is InChI=1S/C25H28ClN7O/c1-17-10-12-19(13-11-17)18(2)31-32-25-27-16-22(26)24(30-25)29-21-8-5-7-20(15-21)28-23(34)9-6-14-33(3)4/h5-13,15-16H,14H2,1-4H3,(H,28,34)(H2,27,29,30,32)/b9-6+,31-18+. The smallest absolute Gasteiger partial charge is 0.248 e. The fourth-order valence-electron chi connectivity index (χ4n) is 2.87. The van der Waals surface area contributed by atoms with Gasteiger partial charge in [0, 0.05) is 24.0 Å². The van der Waals surface area contributed by atoms with Crippen LogP contribution in [0.4, 0.5) is 23.1 Å². The van der Waals surface area contributed by atoms with Crippen LogP contribution in [-0.4, -0.2) is 47.1 Å². The van der Waals surface area contributed by atoms with Gasteiger partial charge in [-0.05, 0) is 51.7 Å². The molecule has 3 aromatic rings. The summed E-state index contributed by atoms with van der Waals surface area (Å²) in [5, 5.41) is 10.7. The Kier molecular flexibility index (Phi) is 8.73. The van der Waals surface area contributed by atoms with Crippen LogP contribution in [0, 0.1) is 6.92 Å². The average molecular weight is 478 g/mol. The Labute approximate surface area is 204 Å². The number of anilines is 4. The molecule has 1 amide bonds. The topological polar surface area (TPSA) is 94.5 Å². The maximum Gasteiger partial charge on any atom is 0.248 e. The number of amides is 1. The summed E-state index contributed by atoms with van der Waals surface area (Å²) in [5.74, 6) is 0.512. The molecule has 0 aliphatic carbocycles. The van der Waals surface area contributed by atoms with Crippen molar-refractivity contribution in [2.24, 2.45) is 5.10 Å². The zero-order valence-corrected chi connectivity index (χ0v) is 20.4. The predicted octanol–water partition coefficient (Wildman–Crippen LogP) is 5.07. The van der Waals surface area contributed by atoms with E-state index in [1.54, 1.807) is 18.2 Å². The molecule has 0 bridgehead atoms. The summed E-state index contributed by atoms with van der Waals surface area (Å²) in [6.45, 7) is 4.63. The molecule has 0 saturated carbocycles. The van der Waals surface area contributed by atoms with Gasteiger partial charge in [-0.15, -0.1) is 0 Å². The van der Waals surface area contributed by atoms with Crippen molar-refractivity contribution in [2.45, 2.75) is 13.8 Å². The molecule has 3 rings (SSSR count). The zero-order valence-electron chi connectivity index (χ0n) is 19.6. The molecule has 2 aromatic carbocycles. The fourth-order valence-corrected chi connectivity index (χ4v) is 3.01. The van der Waals surface area contributed by atoms with Gasteiger partial charge in [0.05, 0.1) is 11.9 Å². The number of hydrazone groups is 1. The van der Waals surface area contributed by atoms with Gasteiger partial charge in [-0.3, -0.25) is 4.79 Å². The highest BCUT2D eigenvalue weighted by atomic mass is 35.5. The van der Waals surface area contributed by atoms with Crippen LogP contribution in [0.15, 0.2) is 72.0 Å². The Morgan fingerprint density at radius 2 is 1.88 bits per heavy atom. The summed E-state index contributed by atoms with van der Waals surface area (Å²) < 4.78 is 0. The molecule has 34 heavy (non-hydrogen) atoms. The molecular formula is C25H28ClN7O. The second kappa shape index (κ2) is 11.9. The number of aromatic nitrogens is 2. The van der Waals surface area contributed by atoms with E-state index in [2.05, 4.69) is 31.1 Å². The Morgan fingerprint density at radius 3 is 2.62 bits per heavy atom. The van der Waals surface area contributed by atoms with E-state index in [9.17, 15) is 4.79 Å². The maximum atomic E-state index is 12.1. The number of benzene rings is 2. The number of nitrogens with zero attached hydrogens (tertiary/aromatic N) is 4. The number of likely N-dealkylation sites (N-methyl/N-ethyl adjacent to an activating group) is 1.